The molecule has 0 bridgehead atoms. The molecule has 0 unspecified atom stereocenters. The van der Waals surface area contributed by atoms with Gasteiger partial charge in [0.15, 0.2) is 0 Å². The monoisotopic (exact) mass is 589 g/mol. The zero-order chi connectivity index (χ0) is 28.4. The Morgan fingerprint density at radius 3 is 1.05 bits per heavy atom. The fourth-order valence-electron chi connectivity index (χ4n) is 6.11. The third-order valence-corrected chi connectivity index (χ3v) is 18.6. The van der Waals surface area contributed by atoms with Gasteiger partial charge in [0.25, 0.3) is 0 Å². The molecule has 7 rings (SSSR count). The molecule has 1 aliphatic rings. The minimum absolute atomic E-state index is 1.20. The second-order valence-corrected chi connectivity index (χ2v) is 18.5. The molecule has 42 heavy (non-hydrogen) atoms. The van der Waals surface area contributed by atoms with Crippen LogP contribution in [-0.2, 0) is 0 Å². The topological polar surface area (TPSA) is 0 Å². The number of hydrogen-bond acceptors (Lipinski definition) is 0. The first kappa shape index (κ1) is 27.1. The van der Waals surface area contributed by atoms with Crippen molar-refractivity contribution in [3.63, 3.8) is 0 Å². The second kappa shape index (κ2) is 11.5. The molecule has 0 spiro atoms. The van der Waals surface area contributed by atoms with Gasteiger partial charge >= 0.3 is 253 Å². The molecule has 0 saturated heterocycles. The van der Waals surface area contributed by atoms with Crippen LogP contribution in [0.25, 0.3) is 0 Å². The molecule has 0 fully saturated rings. The van der Waals surface area contributed by atoms with Crippen LogP contribution in [-0.4, -0.2) is 17.3 Å². The predicted octanol–water partition coefficient (Wildman–Crippen LogP) is 7.35. The Morgan fingerprint density at radius 1 is 0.357 bits per heavy atom. The molecule has 1 radical (unpaired) electrons. The summed E-state index contributed by atoms with van der Waals surface area (Å²) < 4.78 is 0. The van der Waals surface area contributed by atoms with Crippen LogP contribution < -0.4 is 26.5 Å². The van der Waals surface area contributed by atoms with Crippen molar-refractivity contribution in [2.45, 2.75) is 0 Å². The maximum absolute atomic E-state index is 7.85. The first-order valence-corrected chi connectivity index (χ1v) is 18.7. The van der Waals surface area contributed by atoms with Crippen LogP contribution in [0.3, 0.4) is 0 Å². The minimum atomic E-state index is -2.43. The van der Waals surface area contributed by atoms with Crippen molar-refractivity contribution >= 4 is 65.6 Å². The third-order valence-electron chi connectivity index (χ3n) is 8.03. The molecule has 1 heterocycles. The first-order chi connectivity index (χ1) is 20.7. The average molecular weight is 589 g/mol. The zero-order valence-electron chi connectivity index (χ0n) is 23.2. The van der Waals surface area contributed by atoms with Gasteiger partial charge in [-0.05, 0) is 0 Å². The Labute approximate surface area is 251 Å². The van der Waals surface area contributed by atoms with Gasteiger partial charge in [-0.25, -0.2) is 0 Å². The molecule has 0 aromatic heterocycles. The summed E-state index contributed by atoms with van der Waals surface area (Å²) in [6, 6.07) is 64.0. The molecule has 4 heteroatoms. The van der Waals surface area contributed by atoms with Crippen LogP contribution in [0, 0.1) is 0 Å². The van der Waals surface area contributed by atoms with Gasteiger partial charge in [0.1, 0.15) is 0 Å². The Hall–Kier alpha value is -3.72. The quantitative estimate of drug-likeness (QED) is 0.141. The molecular formula is C38H29BP3. The van der Waals surface area contributed by atoms with E-state index in [0.29, 0.717) is 0 Å². The van der Waals surface area contributed by atoms with Crippen LogP contribution in [0.15, 0.2) is 176 Å². The zero-order valence-corrected chi connectivity index (χ0v) is 25.8. The maximum atomic E-state index is 7.85. The summed E-state index contributed by atoms with van der Waals surface area (Å²) in [5, 5.41) is 9.29. The van der Waals surface area contributed by atoms with E-state index in [9.17, 15) is 0 Å². The van der Waals surface area contributed by atoms with E-state index < -0.39 is 13.6 Å². The van der Waals surface area contributed by atoms with Crippen molar-refractivity contribution in [1.82, 2.24) is 0 Å². The Balaban J connectivity index is 1.69. The van der Waals surface area contributed by atoms with Crippen LogP contribution in [0.4, 0.5) is 0 Å². The molecule has 0 atom stereocenters. The number of rotatable bonds is 6. The van der Waals surface area contributed by atoms with Gasteiger partial charge < -0.3 is 0 Å². The average Bonchev–Trinajstić information content (AvgIpc) is 3.47. The fourth-order valence-corrected chi connectivity index (χ4v) is 17.4. The molecule has 0 amide bonds. The summed E-state index contributed by atoms with van der Waals surface area (Å²) in [4.78, 5) is 0. The first-order valence-electron chi connectivity index (χ1n) is 14.2. The molecule has 0 aliphatic carbocycles. The summed E-state index contributed by atoms with van der Waals surface area (Å²) in [5.41, 5.74) is 2.60. The van der Waals surface area contributed by atoms with E-state index >= 15 is 0 Å². The van der Waals surface area contributed by atoms with Crippen molar-refractivity contribution in [2.75, 3.05) is 0 Å². The van der Waals surface area contributed by atoms with Gasteiger partial charge in [-0.2, -0.15) is 0 Å². The van der Waals surface area contributed by atoms with Gasteiger partial charge in [0.2, 0.25) is 0 Å². The van der Waals surface area contributed by atoms with Crippen molar-refractivity contribution in [3.05, 3.63) is 187 Å². The molecule has 0 saturated carbocycles. The number of benzene rings is 6. The van der Waals surface area contributed by atoms with Crippen molar-refractivity contribution in [2.24, 2.45) is 0 Å². The van der Waals surface area contributed by atoms with Crippen LogP contribution in [0.1, 0.15) is 11.1 Å². The molecule has 1 aliphatic heterocycles. The van der Waals surface area contributed by atoms with E-state index in [1.54, 1.807) is 0 Å². The summed E-state index contributed by atoms with van der Waals surface area (Å²) in [5.74, 6) is 0. The van der Waals surface area contributed by atoms with Crippen molar-refractivity contribution in [3.8, 4) is 0 Å². The molecule has 6 aromatic carbocycles. The fraction of sp³-hybridized carbons (Fsp3) is 0. The summed E-state index contributed by atoms with van der Waals surface area (Å²) in [6.45, 7) is -4.71. The van der Waals surface area contributed by atoms with Crippen LogP contribution in [0.2, 0.25) is 0 Å². The van der Waals surface area contributed by atoms with Crippen molar-refractivity contribution in [1.29, 1.82) is 0 Å². The summed E-state index contributed by atoms with van der Waals surface area (Å²) >= 11 is 0. The normalized spacial score (nSPS) is 13.3. The van der Waals surface area contributed by atoms with E-state index in [0.717, 1.165) is 0 Å². The molecule has 0 N–H and O–H groups in total. The Morgan fingerprint density at radius 2 is 0.667 bits per heavy atom. The Kier molecular flexibility index (Phi) is 7.44. The van der Waals surface area contributed by atoms with E-state index in [2.05, 4.69) is 176 Å². The molecule has 6 aromatic rings. The molecule has 0 nitrogen and oxygen atoms in total. The Bertz CT molecular complexity index is 1840. The second-order valence-electron chi connectivity index (χ2n) is 10.4. The van der Waals surface area contributed by atoms with E-state index in [1.165, 1.54) is 55.9 Å². The number of hydrogen-bond donors (Lipinski definition) is 0. The van der Waals surface area contributed by atoms with E-state index in [1.807, 2.05) is 0 Å². The standard InChI is InChI=1S/C38H29BP3/c39-42(33-24-12-4-13-25-33,34-26-14-5-15-27-34)38-36-29-17-16-28-35(36)37(40-38)41(30-18-6-1-7-19-30,31-20-8-2-9-21-31)32-22-10-3-11-23-32/h1-29H. The molecular weight excluding hydrogens is 560 g/mol. The SMILES string of the molecule is [B]=P(C1=PC(=P(c2ccccc2)(c2ccccc2)c2ccccc2)c2ccccc21)(c1ccccc1)c1ccccc1. The predicted molar refractivity (Wildman–Crippen MR) is 192 cm³/mol. The summed E-state index contributed by atoms with van der Waals surface area (Å²) in [7, 11) is 9.05. The van der Waals surface area contributed by atoms with Crippen LogP contribution >= 0.6 is 21.8 Å². The van der Waals surface area contributed by atoms with Crippen molar-refractivity contribution < 1.29 is 0 Å². The van der Waals surface area contributed by atoms with Gasteiger partial charge in [0.05, 0.1) is 0 Å². The van der Waals surface area contributed by atoms with E-state index in [4.69, 9.17) is 7.18 Å². The van der Waals surface area contributed by atoms with E-state index in [-0.39, 0.29) is 0 Å². The third kappa shape index (κ3) is 4.40. The molecule has 199 valence electrons. The van der Waals surface area contributed by atoms with Gasteiger partial charge in [-0.15, -0.1) is 0 Å². The summed E-state index contributed by atoms with van der Waals surface area (Å²) in [6.07, 6.45) is 0. The van der Waals surface area contributed by atoms with Gasteiger partial charge in [0, 0.05) is 0 Å². The van der Waals surface area contributed by atoms with Gasteiger partial charge in [-0.1, -0.05) is 0 Å². The van der Waals surface area contributed by atoms with Gasteiger partial charge in [-0.3, -0.25) is 0 Å². The number of fused-ring (bicyclic) bond motifs is 1. The van der Waals surface area contributed by atoms with Crippen LogP contribution in [0.5, 0.6) is 0 Å².